The fourth-order valence-electron chi connectivity index (χ4n) is 3.51. The van der Waals surface area contributed by atoms with Gasteiger partial charge in [0.15, 0.2) is 11.7 Å². The van der Waals surface area contributed by atoms with Crippen molar-refractivity contribution in [3.63, 3.8) is 0 Å². The molecule has 1 heterocycles. The minimum atomic E-state index is -1.61. The highest BCUT2D eigenvalue weighted by Crippen LogP contribution is 2.29. The molecule has 7 heteroatoms. The van der Waals surface area contributed by atoms with E-state index in [0.717, 1.165) is 34.5 Å². The van der Waals surface area contributed by atoms with Crippen molar-refractivity contribution < 1.29 is 4.21 Å². The van der Waals surface area contributed by atoms with E-state index >= 15 is 0 Å². The fraction of sp³-hybridized carbons (Fsp3) is 0.364. The largest absolute Gasteiger partial charge is 0.378 e. The lowest BCUT2D eigenvalue weighted by Gasteiger charge is -2.22. The SMILES string of the molecule is C=C(c1c(C)ccc(NC2=NS(=O)N=C2NCC2=CC(C)=C(C)C2)c1C)N(C)C. The average molecular weight is 412 g/mol. The molecule has 0 spiro atoms. The van der Waals surface area contributed by atoms with Gasteiger partial charge in [-0.2, -0.15) is 0 Å². The Kier molecular flexibility index (Phi) is 6.07. The Balaban J connectivity index is 1.77. The maximum Gasteiger partial charge on any atom is 0.269 e. The van der Waals surface area contributed by atoms with Crippen LogP contribution in [0.2, 0.25) is 0 Å². The molecule has 6 nitrogen and oxygen atoms in total. The molecule has 0 radical (unpaired) electrons. The number of nitrogens with zero attached hydrogens (tertiary/aromatic N) is 3. The molecular weight excluding hydrogens is 382 g/mol. The predicted octanol–water partition coefficient (Wildman–Crippen LogP) is 3.89. The molecule has 0 bridgehead atoms. The molecule has 154 valence electrons. The Labute approximate surface area is 175 Å². The maximum absolute atomic E-state index is 12.0. The summed E-state index contributed by atoms with van der Waals surface area (Å²) >= 11 is -1.61. The minimum absolute atomic E-state index is 0.497. The zero-order chi connectivity index (χ0) is 21.3. The van der Waals surface area contributed by atoms with Gasteiger partial charge < -0.3 is 15.5 Å². The highest BCUT2D eigenvalue weighted by atomic mass is 32.2. The van der Waals surface area contributed by atoms with E-state index in [1.807, 2.05) is 25.1 Å². The monoisotopic (exact) mass is 411 g/mol. The molecule has 0 fully saturated rings. The topological polar surface area (TPSA) is 69.1 Å². The summed E-state index contributed by atoms with van der Waals surface area (Å²) < 4.78 is 20.3. The summed E-state index contributed by atoms with van der Waals surface area (Å²) in [6.07, 6.45) is 3.16. The van der Waals surface area contributed by atoms with E-state index in [0.29, 0.717) is 18.2 Å². The summed E-state index contributed by atoms with van der Waals surface area (Å²) in [5.74, 6) is 1.02. The van der Waals surface area contributed by atoms with Crippen LogP contribution in [0.1, 0.15) is 37.0 Å². The summed E-state index contributed by atoms with van der Waals surface area (Å²) in [4.78, 5) is 2.00. The lowest BCUT2D eigenvalue weighted by atomic mass is 9.98. The molecule has 0 amide bonds. The molecule has 0 aromatic heterocycles. The molecule has 1 unspecified atom stereocenters. The Morgan fingerprint density at radius 1 is 1.17 bits per heavy atom. The van der Waals surface area contributed by atoms with Crippen molar-refractivity contribution in [1.82, 2.24) is 10.2 Å². The third-order valence-electron chi connectivity index (χ3n) is 5.39. The number of rotatable bonds is 5. The zero-order valence-electron chi connectivity index (χ0n) is 18.0. The van der Waals surface area contributed by atoms with Crippen molar-refractivity contribution in [2.75, 3.05) is 26.0 Å². The van der Waals surface area contributed by atoms with Crippen molar-refractivity contribution in [1.29, 1.82) is 0 Å². The first-order valence-corrected chi connectivity index (χ1v) is 10.7. The molecule has 1 atom stereocenters. The molecule has 1 aromatic rings. The molecule has 0 saturated heterocycles. The average Bonchev–Trinajstić information content (AvgIpc) is 3.16. The van der Waals surface area contributed by atoms with Gasteiger partial charge in [-0.15, -0.1) is 8.80 Å². The van der Waals surface area contributed by atoms with Crippen LogP contribution in [-0.2, 0) is 11.2 Å². The Morgan fingerprint density at radius 2 is 1.86 bits per heavy atom. The van der Waals surface area contributed by atoms with Crippen molar-refractivity contribution in [2.45, 2.75) is 34.1 Å². The number of anilines is 1. The summed E-state index contributed by atoms with van der Waals surface area (Å²) in [6, 6.07) is 4.06. The summed E-state index contributed by atoms with van der Waals surface area (Å²) in [6.45, 7) is 13.3. The van der Waals surface area contributed by atoms with Crippen LogP contribution in [0.4, 0.5) is 5.69 Å². The van der Waals surface area contributed by atoms with Gasteiger partial charge in [0.2, 0.25) is 0 Å². The first-order chi connectivity index (χ1) is 13.7. The van der Waals surface area contributed by atoms with E-state index in [1.54, 1.807) is 0 Å². The first-order valence-electron chi connectivity index (χ1n) is 9.60. The molecule has 2 aliphatic rings. The second-order valence-corrected chi connectivity index (χ2v) is 8.63. The van der Waals surface area contributed by atoms with E-state index in [9.17, 15) is 4.21 Å². The van der Waals surface area contributed by atoms with E-state index in [-0.39, 0.29) is 0 Å². The van der Waals surface area contributed by atoms with Crippen LogP contribution in [0.15, 0.2) is 50.3 Å². The number of amidine groups is 2. The second kappa shape index (κ2) is 8.37. The number of allylic oxidation sites excluding steroid dienone is 3. The first kappa shape index (κ1) is 21.0. The second-order valence-electron chi connectivity index (χ2n) is 7.80. The highest BCUT2D eigenvalue weighted by molar-refractivity contribution is 7.83. The van der Waals surface area contributed by atoms with Gasteiger partial charge in [0.25, 0.3) is 11.2 Å². The molecular formula is C22H29N5OS. The van der Waals surface area contributed by atoms with E-state index in [1.165, 1.54) is 16.7 Å². The summed E-state index contributed by atoms with van der Waals surface area (Å²) in [5.41, 5.74) is 9.15. The van der Waals surface area contributed by atoms with Crippen LogP contribution in [0.5, 0.6) is 0 Å². The normalized spacial score (nSPS) is 18.4. The lowest BCUT2D eigenvalue weighted by Crippen LogP contribution is -2.35. The third-order valence-corrected chi connectivity index (χ3v) is 6.06. The summed E-state index contributed by atoms with van der Waals surface area (Å²) in [7, 11) is 3.96. The van der Waals surface area contributed by atoms with Gasteiger partial charge in [-0.1, -0.05) is 29.9 Å². The smallest absolute Gasteiger partial charge is 0.269 e. The Bertz CT molecular complexity index is 1010. The van der Waals surface area contributed by atoms with Crippen molar-refractivity contribution >= 4 is 34.2 Å². The van der Waals surface area contributed by atoms with E-state index in [4.69, 9.17) is 0 Å². The molecule has 1 aromatic carbocycles. The third kappa shape index (κ3) is 4.50. The van der Waals surface area contributed by atoms with Crippen LogP contribution in [-0.4, -0.2) is 41.4 Å². The minimum Gasteiger partial charge on any atom is -0.378 e. The van der Waals surface area contributed by atoms with Crippen LogP contribution in [0, 0.1) is 13.8 Å². The van der Waals surface area contributed by atoms with E-state index < -0.39 is 11.2 Å². The van der Waals surface area contributed by atoms with Gasteiger partial charge in [0.05, 0.1) is 0 Å². The van der Waals surface area contributed by atoms with Crippen LogP contribution in [0.25, 0.3) is 5.70 Å². The number of nitrogens with one attached hydrogen (secondary N) is 2. The number of hydrogen-bond donors (Lipinski definition) is 2. The number of hydrogen-bond acceptors (Lipinski definition) is 4. The fourth-order valence-corrected chi connectivity index (χ4v) is 4.15. The molecule has 0 saturated carbocycles. The Hall–Kier alpha value is -2.67. The van der Waals surface area contributed by atoms with Crippen LogP contribution >= 0.6 is 0 Å². The van der Waals surface area contributed by atoms with Gasteiger partial charge >= 0.3 is 0 Å². The van der Waals surface area contributed by atoms with Gasteiger partial charge in [-0.05, 0) is 56.9 Å². The number of aryl methyl sites for hydroxylation is 1. The molecule has 1 aliphatic carbocycles. The number of benzene rings is 1. The predicted molar refractivity (Wildman–Crippen MR) is 124 cm³/mol. The zero-order valence-corrected chi connectivity index (χ0v) is 18.8. The highest BCUT2D eigenvalue weighted by Gasteiger charge is 2.22. The Morgan fingerprint density at radius 3 is 2.48 bits per heavy atom. The molecule has 29 heavy (non-hydrogen) atoms. The van der Waals surface area contributed by atoms with Crippen LogP contribution in [0.3, 0.4) is 0 Å². The van der Waals surface area contributed by atoms with Gasteiger partial charge in [-0.25, -0.2) is 4.21 Å². The maximum atomic E-state index is 12.0. The van der Waals surface area contributed by atoms with Gasteiger partial charge in [-0.3, -0.25) is 0 Å². The van der Waals surface area contributed by atoms with Crippen LogP contribution < -0.4 is 10.6 Å². The standard InChI is InChI=1S/C22H29N5OS/c1-13-8-9-19(16(4)20(13)17(5)27(6)7)24-22-21(25-29(28)26-22)23-12-18-10-14(2)15(3)11-18/h8-10H,5,11-12H2,1-4,6-7H3,(H,23,25)(H,24,26). The van der Waals surface area contributed by atoms with E-state index in [2.05, 4.69) is 65.8 Å². The summed E-state index contributed by atoms with van der Waals surface area (Å²) in [5, 5.41) is 6.61. The molecule has 3 rings (SSSR count). The quantitative estimate of drug-likeness (QED) is 0.771. The van der Waals surface area contributed by atoms with Crippen molar-refractivity contribution in [2.24, 2.45) is 8.80 Å². The van der Waals surface area contributed by atoms with Gasteiger partial charge in [0.1, 0.15) is 0 Å². The molecule has 2 N–H and O–H groups in total. The molecule has 1 aliphatic heterocycles. The lowest BCUT2D eigenvalue weighted by molar-refractivity contribution is 0.592. The van der Waals surface area contributed by atoms with Gasteiger partial charge in [0, 0.05) is 37.6 Å². The van der Waals surface area contributed by atoms with Crippen molar-refractivity contribution in [3.8, 4) is 0 Å². The van der Waals surface area contributed by atoms with Crippen molar-refractivity contribution in [3.05, 3.63) is 58.2 Å².